The summed E-state index contributed by atoms with van der Waals surface area (Å²) in [5.41, 5.74) is 3.24. The lowest BCUT2D eigenvalue weighted by Crippen LogP contribution is -2.38. The molecular formula is C22H23FN4O3. The van der Waals surface area contributed by atoms with Gasteiger partial charge in [0.05, 0.1) is 18.8 Å². The van der Waals surface area contributed by atoms with Gasteiger partial charge in [0.2, 0.25) is 5.89 Å². The summed E-state index contributed by atoms with van der Waals surface area (Å²) >= 11 is 0. The maximum absolute atomic E-state index is 13.9. The number of benzene rings is 2. The van der Waals surface area contributed by atoms with Gasteiger partial charge in [0, 0.05) is 24.7 Å². The van der Waals surface area contributed by atoms with E-state index < -0.39 is 0 Å². The van der Waals surface area contributed by atoms with Crippen molar-refractivity contribution in [2.75, 3.05) is 20.4 Å². The van der Waals surface area contributed by atoms with Gasteiger partial charge in [-0.1, -0.05) is 18.2 Å². The summed E-state index contributed by atoms with van der Waals surface area (Å²) in [6.07, 6.45) is 2.21. The Balaban J connectivity index is 1.30. The van der Waals surface area contributed by atoms with Crippen molar-refractivity contribution in [3.63, 3.8) is 0 Å². The van der Waals surface area contributed by atoms with E-state index in [9.17, 15) is 4.39 Å². The number of rotatable bonds is 6. The minimum absolute atomic E-state index is 0.185. The van der Waals surface area contributed by atoms with Gasteiger partial charge in [-0.2, -0.15) is 0 Å². The Bertz CT molecular complexity index is 1020. The van der Waals surface area contributed by atoms with Crippen LogP contribution in [-0.4, -0.2) is 31.3 Å². The molecule has 30 heavy (non-hydrogen) atoms. The Morgan fingerprint density at radius 1 is 1.20 bits per heavy atom. The van der Waals surface area contributed by atoms with E-state index in [2.05, 4.69) is 20.6 Å². The van der Waals surface area contributed by atoms with E-state index >= 15 is 0 Å². The second-order valence-electron chi connectivity index (χ2n) is 6.78. The van der Waals surface area contributed by atoms with Gasteiger partial charge in [0.1, 0.15) is 17.8 Å². The molecule has 2 aromatic carbocycles. The van der Waals surface area contributed by atoms with Gasteiger partial charge in [-0.15, -0.1) is 0 Å². The second kappa shape index (κ2) is 9.41. The molecule has 0 aliphatic carbocycles. The average Bonchev–Trinajstić information content (AvgIpc) is 3.25. The molecule has 4 rings (SSSR count). The van der Waals surface area contributed by atoms with E-state index in [0.717, 1.165) is 22.4 Å². The average molecular weight is 410 g/mol. The molecule has 3 aromatic rings. The molecule has 0 atom stereocenters. The number of oxazole rings is 1. The van der Waals surface area contributed by atoms with E-state index in [0.29, 0.717) is 43.7 Å². The summed E-state index contributed by atoms with van der Waals surface area (Å²) in [7, 11) is 1.69. The third-order valence-electron chi connectivity index (χ3n) is 4.67. The van der Waals surface area contributed by atoms with Crippen molar-refractivity contribution in [1.82, 2.24) is 15.6 Å². The van der Waals surface area contributed by atoms with Crippen LogP contribution in [0.5, 0.6) is 5.75 Å². The first kappa shape index (κ1) is 19.9. The van der Waals surface area contributed by atoms with Crippen molar-refractivity contribution in [3.05, 3.63) is 71.4 Å². The molecule has 2 heterocycles. The summed E-state index contributed by atoms with van der Waals surface area (Å²) in [6.45, 7) is 1.57. The topological polar surface area (TPSA) is 80.9 Å². The summed E-state index contributed by atoms with van der Waals surface area (Å²) < 4.78 is 30.2. The fourth-order valence-electron chi connectivity index (χ4n) is 3.25. The maximum Gasteiger partial charge on any atom is 0.226 e. The lowest BCUT2D eigenvalue weighted by atomic mass is 10.1. The molecule has 0 spiro atoms. The van der Waals surface area contributed by atoms with Crippen LogP contribution in [0.15, 0.2) is 58.1 Å². The summed E-state index contributed by atoms with van der Waals surface area (Å²) in [5, 5.41) is 6.43. The molecule has 156 valence electrons. The summed E-state index contributed by atoms with van der Waals surface area (Å²) in [5.74, 6) is 1.62. The Labute approximate surface area is 173 Å². The van der Waals surface area contributed by atoms with Crippen LogP contribution in [-0.2, 0) is 24.3 Å². The molecule has 8 heteroatoms. The Kier molecular flexibility index (Phi) is 6.24. The molecule has 0 saturated carbocycles. The second-order valence-corrected chi connectivity index (χ2v) is 6.78. The van der Waals surface area contributed by atoms with Crippen molar-refractivity contribution in [2.24, 2.45) is 4.99 Å². The lowest BCUT2D eigenvalue weighted by Gasteiger charge is -2.21. The number of hydrogen-bond acceptors (Lipinski definition) is 5. The Hall–Kier alpha value is -3.39. The normalized spacial score (nSPS) is 13.5. The van der Waals surface area contributed by atoms with Crippen LogP contribution in [0.3, 0.4) is 0 Å². The monoisotopic (exact) mass is 410 g/mol. The van der Waals surface area contributed by atoms with E-state index in [4.69, 9.17) is 13.9 Å². The zero-order valence-corrected chi connectivity index (χ0v) is 16.7. The Morgan fingerprint density at radius 3 is 2.90 bits per heavy atom. The first-order valence-corrected chi connectivity index (χ1v) is 9.69. The number of aromatic nitrogens is 1. The van der Waals surface area contributed by atoms with Crippen molar-refractivity contribution < 1.29 is 18.3 Å². The fourth-order valence-corrected chi connectivity index (χ4v) is 3.25. The predicted molar refractivity (Wildman–Crippen MR) is 111 cm³/mol. The van der Waals surface area contributed by atoms with Crippen molar-refractivity contribution in [1.29, 1.82) is 0 Å². The first-order chi connectivity index (χ1) is 14.7. The van der Waals surface area contributed by atoms with Crippen LogP contribution >= 0.6 is 0 Å². The zero-order valence-electron chi connectivity index (χ0n) is 16.7. The number of hydrogen-bond donors (Lipinski definition) is 2. The van der Waals surface area contributed by atoms with E-state index in [-0.39, 0.29) is 12.6 Å². The number of nitrogens with one attached hydrogen (secondary N) is 2. The number of guanidine groups is 1. The molecule has 1 aliphatic heterocycles. The van der Waals surface area contributed by atoms with Gasteiger partial charge >= 0.3 is 0 Å². The number of aliphatic imine (C=N–C) groups is 1. The predicted octanol–water partition coefficient (Wildman–Crippen LogP) is 3.25. The van der Waals surface area contributed by atoms with Gasteiger partial charge in [-0.3, -0.25) is 4.99 Å². The van der Waals surface area contributed by atoms with E-state index in [1.165, 1.54) is 12.1 Å². The molecule has 1 aromatic heterocycles. The minimum atomic E-state index is -0.291. The van der Waals surface area contributed by atoms with Crippen molar-refractivity contribution >= 4 is 5.96 Å². The minimum Gasteiger partial charge on any atom is -0.467 e. The maximum atomic E-state index is 13.9. The van der Waals surface area contributed by atoms with Crippen molar-refractivity contribution in [2.45, 2.75) is 19.6 Å². The molecular weight excluding hydrogens is 387 g/mol. The smallest absolute Gasteiger partial charge is 0.226 e. The van der Waals surface area contributed by atoms with Gasteiger partial charge in [-0.25, -0.2) is 9.37 Å². The molecule has 0 saturated heterocycles. The molecule has 0 fully saturated rings. The van der Waals surface area contributed by atoms with Gasteiger partial charge in [0.25, 0.3) is 0 Å². The van der Waals surface area contributed by atoms with E-state index in [1.807, 2.05) is 30.3 Å². The third kappa shape index (κ3) is 4.77. The quantitative estimate of drug-likeness (QED) is 0.480. The fraction of sp³-hybridized carbons (Fsp3) is 0.273. The molecule has 1 aliphatic rings. The van der Waals surface area contributed by atoms with E-state index in [1.54, 1.807) is 13.3 Å². The first-order valence-electron chi connectivity index (χ1n) is 9.69. The SMILES string of the molecule is CN=C(NCCc1cc(F)cc2c1OCOC2)NCc1coc(-c2ccccc2)n1. The number of fused-ring (bicyclic) bond motifs is 1. The molecule has 0 radical (unpaired) electrons. The molecule has 0 unspecified atom stereocenters. The molecule has 0 bridgehead atoms. The summed E-state index contributed by atoms with van der Waals surface area (Å²) in [4.78, 5) is 8.71. The number of nitrogens with zero attached hydrogens (tertiary/aromatic N) is 2. The van der Waals surface area contributed by atoms with Crippen LogP contribution in [0.2, 0.25) is 0 Å². The van der Waals surface area contributed by atoms with Crippen LogP contribution in [0, 0.1) is 5.82 Å². The van der Waals surface area contributed by atoms with Crippen LogP contribution < -0.4 is 15.4 Å². The lowest BCUT2D eigenvalue weighted by molar-refractivity contribution is -0.0172. The highest BCUT2D eigenvalue weighted by molar-refractivity contribution is 5.79. The highest BCUT2D eigenvalue weighted by Crippen LogP contribution is 2.29. The van der Waals surface area contributed by atoms with Crippen LogP contribution in [0.25, 0.3) is 11.5 Å². The highest BCUT2D eigenvalue weighted by Gasteiger charge is 2.17. The number of halogens is 1. The summed E-state index contributed by atoms with van der Waals surface area (Å²) in [6, 6.07) is 12.7. The highest BCUT2D eigenvalue weighted by atomic mass is 19.1. The van der Waals surface area contributed by atoms with Gasteiger partial charge < -0.3 is 24.5 Å². The zero-order chi connectivity index (χ0) is 20.8. The Morgan fingerprint density at radius 2 is 2.07 bits per heavy atom. The van der Waals surface area contributed by atoms with Crippen LogP contribution in [0.4, 0.5) is 4.39 Å². The van der Waals surface area contributed by atoms with Gasteiger partial charge in [-0.05, 0) is 36.2 Å². The molecule has 2 N–H and O–H groups in total. The molecule has 7 nitrogen and oxygen atoms in total. The standard InChI is InChI=1S/C22H23FN4O3/c1-24-22(26-11-19-13-29-21(27-19)15-5-3-2-4-6-15)25-8-7-16-9-18(23)10-17-12-28-14-30-20(16)17/h2-6,9-10,13H,7-8,11-12,14H2,1H3,(H2,24,25,26). The largest absolute Gasteiger partial charge is 0.467 e. The number of ether oxygens (including phenoxy) is 2. The molecule has 0 amide bonds. The third-order valence-corrected chi connectivity index (χ3v) is 4.67. The van der Waals surface area contributed by atoms with Crippen molar-refractivity contribution in [3.8, 4) is 17.2 Å². The van der Waals surface area contributed by atoms with Gasteiger partial charge in [0.15, 0.2) is 12.8 Å². The van der Waals surface area contributed by atoms with Crippen LogP contribution in [0.1, 0.15) is 16.8 Å².